The van der Waals surface area contributed by atoms with Gasteiger partial charge in [-0.2, -0.15) is 8.61 Å². The molecule has 0 amide bonds. The lowest BCUT2D eigenvalue weighted by Crippen LogP contribution is -2.49. The van der Waals surface area contributed by atoms with E-state index < -0.39 is 20.0 Å². The summed E-state index contributed by atoms with van der Waals surface area (Å²) in [4.78, 5) is 0.500. The van der Waals surface area contributed by atoms with Crippen LogP contribution in [0.5, 0.6) is 0 Å². The maximum absolute atomic E-state index is 13.1. The third-order valence-corrected chi connectivity index (χ3v) is 9.11. The van der Waals surface area contributed by atoms with Crippen LogP contribution < -0.4 is 21.3 Å². The molecule has 188 valence electrons. The van der Waals surface area contributed by atoms with Gasteiger partial charge in [-0.15, -0.1) is 0 Å². The van der Waals surface area contributed by atoms with Crippen LogP contribution in [0.1, 0.15) is 11.1 Å². The summed E-state index contributed by atoms with van der Waals surface area (Å²) in [5.74, 6) is 0. The standard InChI is InChI=1S/C22H34N6O4S2/c1-19-3-7-21(8-4-19)33(29,30)27-14-13-23-15-26-18-28(17-25-12-11-24-16-27)34(31,32)22-9-5-20(2)6-10-22/h3-10,23-26H,11-18H2,1-2H3. The fourth-order valence-corrected chi connectivity index (χ4v) is 6.05. The molecule has 0 atom stereocenters. The van der Waals surface area contributed by atoms with Crippen molar-refractivity contribution >= 4 is 20.0 Å². The molecule has 0 aromatic heterocycles. The Kier molecular flexibility index (Phi) is 9.56. The number of nitrogens with zero attached hydrogens (tertiary/aromatic N) is 2. The second-order valence-electron chi connectivity index (χ2n) is 8.16. The molecule has 34 heavy (non-hydrogen) atoms. The Morgan fingerprint density at radius 3 is 1.56 bits per heavy atom. The second kappa shape index (κ2) is 12.2. The van der Waals surface area contributed by atoms with E-state index in [9.17, 15) is 16.8 Å². The minimum atomic E-state index is -3.67. The first-order valence-electron chi connectivity index (χ1n) is 11.2. The highest BCUT2D eigenvalue weighted by Gasteiger charge is 2.25. The Balaban J connectivity index is 1.64. The van der Waals surface area contributed by atoms with Crippen molar-refractivity contribution in [3.63, 3.8) is 0 Å². The van der Waals surface area contributed by atoms with Crippen LogP contribution in [0.3, 0.4) is 0 Å². The van der Waals surface area contributed by atoms with E-state index in [4.69, 9.17) is 0 Å². The van der Waals surface area contributed by atoms with Gasteiger partial charge in [-0.25, -0.2) is 16.8 Å². The predicted molar refractivity (Wildman–Crippen MR) is 132 cm³/mol. The van der Waals surface area contributed by atoms with Gasteiger partial charge < -0.3 is 16.0 Å². The molecule has 0 spiro atoms. The number of benzene rings is 2. The van der Waals surface area contributed by atoms with Gasteiger partial charge in [0.1, 0.15) is 0 Å². The number of hydrogen-bond acceptors (Lipinski definition) is 8. The van der Waals surface area contributed by atoms with E-state index in [0.29, 0.717) is 26.3 Å². The Morgan fingerprint density at radius 1 is 0.588 bits per heavy atom. The van der Waals surface area contributed by atoms with Crippen LogP contribution in [0.25, 0.3) is 0 Å². The molecule has 10 nitrogen and oxygen atoms in total. The smallest absolute Gasteiger partial charge is 0.245 e. The van der Waals surface area contributed by atoms with E-state index in [1.165, 1.54) is 8.61 Å². The highest BCUT2D eigenvalue weighted by Crippen LogP contribution is 2.16. The van der Waals surface area contributed by atoms with Gasteiger partial charge in [0.2, 0.25) is 20.0 Å². The van der Waals surface area contributed by atoms with E-state index in [2.05, 4.69) is 21.3 Å². The van der Waals surface area contributed by atoms with E-state index in [-0.39, 0.29) is 36.3 Å². The topological polar surface area (TPSA) is 123 Å². The molecule has 4 N–H and O–H groups in total. The van der Waals surface area contributed by atoms with Crippen LogP contribution in [0, 0.1) is 13.8 Å². The summed E-state index contributed by atoms with van der Waals surface area (Å²) in [5.41, 5.74) is 1.99. The molecule has 1 fully saturated rings. The fraction of sp³-hybridized carbons (Fsp3) is 0.455. The van der Waals surface area contributed by atoms with Crippen LogP contribution in [0.4, 0.5) is 0 Å². The van der Waals surface area contributed by atoms with Gasteiger partial charge >= 0.3 is 0 Å². The molecule has 2 aromatic carbocycles. The average molecular weight is 511 g/mol. The van der Waals surface area contributed by atoms with Crippen molar-refractivity contribution in [2.24, 2.45) is 0 Å². The third-order valence-electron chi connectivity index (χ3n) is 5.45. The van der Waals surface area contributed by atoms with Crippen molar-refractivity contribution in [3.05, 3.63) is 59.7 Å². The third kappa shape index (κ3) is 7.06. The number of aryl methyl sites for hydroxylation is 2. The van der Waals surface area contributed by atoms with Crippen molar-refractivity contribution in [1.29, 1.82) is 0 Å². The van der Waals surface area contributed by atoms with Gasteiger partial charge in [-0.3, -0.25) is 5.32 Å². The molecule has 3 rings (SSSR count). The summed E-state index contributed by atoms with van der Waals surface area (Å²) in [6.07, 6.45) is 0. The summed E-state index contributed by atoms with van der Waals surface area (Å²) in [7, 11) is -7.32. The molecule has 2 aromatic rings. The maximum Gasteiger partial charge on any atom is 0.245 e. The minimum Gasteiger partial charge on any atom is -0.303 e. The Morgan fingerprint density at radius 2 is 1.03 bits per heavy atom. The van der Waals surface area contributed by atoms with Gasteiger partial charge in [0.15, 0.2) is 0 Å². The number of hydrogen-bond donors (Lipinski definition) is 4. The molecule has 1 aliphatic rings. The molecule has 0 aliphatic carbocycles. The van der Waals surface area contributed by atoms with Crippen molar-refractivity contribution in [1.82, 2.24) is 29.9 Å². The summed E-state index contributed by atoms with van der Waals surface area (Å²) in [6, 6.07) is 13.6. The molecule has 1 heterocycles. The zero-order valence-electron chi connectivity index (χ0n) is 19.6. The van der Waals surface area contributed by atoms with Crippen molar-refractivity contribution in [2.75, 3.05) is 52.9 Å². The highest BCUT2D eigenvalue weighted by molar-refractivity contribution is 7.89. The van der Waals surface area contributed by atoms with E-state index >= 15 is 0 Å². The Hall–Kier alpha value is -1.90. The lowest BCUT2D eigenvalue weighted by atomic mass is 10.2. The van der Waals surface area contributed by atoms with Crippen LogP contribution in [0.15, 0.2) is 58.3 Å². The lowest BCUT2D eigenvalue weighted by Gasteiger charge is -2.26. The summed E-state index contributed by atoms with van der Waals surface area (Å²) < 4.78 is 55.1. The molecule has 1 aliphatic heterocycles. The quantitative estimate of drug-likeness (QED) is 0.460. The van der Waals surface area contributed by atoms with Gasteiger partial charge in [0, 0.05) is 32.8 Å². The SMILES string of the molecule is Cc1ccc(S(=O)(=O)N2CCNCNCN(S(=O)(=O)c3ccc(C)cc3)CNCCNC2)cc1. The fourth-order valence-electron chi connectivity index (χ4n) is 3.37. The monoisotopic (exact) mass is 510 g/mol. The summed E-state index contributed by atoms with van der Waals surface area (Å²) in [5, 5.41) is 12.5. The van der Waals surface area contributed by atoms with Gasteiger partial charge in [-0.1, -0.05) is 35.4 Å². The van der Waals surface area contributed by atoms with Crippen molar-refractivity contribution < 1.29 is 16.8 Å². The highest BCUT2D eigenvalue weighted by atomic mass is 32.2. The number of rotatable bonds is 4. The first kappa shape index (κ1) is 26.7. The van der Waals surface area contributed by atoms with Crippen LogP contribution in [0.2, 0.25) is 0 Å². The van der Waals surface area contributed by atoms with E-state index in [0.717, 1.165) is 11.1 Å². The molecular weight excluding hydrogens is 476 g/mol. The predicted octanol–water partition coefficient (Wildman–Crippen LogP) is 0.187. The average Bonchev–Trinajstić information content (AvgIpc) is 2.80. The van der Waals surface area contributed by atoms with Gasteiger partial charge in [-0.05, 0) is 38.1 Å². The van der Waals surface area contributed by atoms with Crippen LogP contribution in [-0.2, 0) is 20.0 Å². The van der Waals surface area contributed by atoms with Crippen LogP contribution in [-0.4, -0.2) is 78.3 Å². The maximum atomic E-state index is 13.1. The minimum absolute atomic E-state index is 0.106. The molecule has 0 saturated carbocycles. The number of nitrogens with one attached hydrogen (secondary N) is 4. The van der Waals surface area contributed by atoms with Gasteiger partial charge in [0.25, 0.3) is 0 Å². The zero-order chi connectivity index (χ0) is 24.6. The Bertz CT molecular complexity index is 1020. The lowest BCUT2D eigenvalue weighted by molar-refractivity contribution is 0.329. The van der Waals surface area contributed by atoms with Crippen LogP contribution >= 0.6 is 0 Å². The van der Waals surface area contributed by atoms with E-state index in [1.807, 2.05) is 13.8 Å². The molecule has 1 saturated heterocycles. The molecule has 0 radical (unpaired) electrons. The summed E-state index contributed by atoms with van der Waals surface area (Å²) >= 11 is 0. The first-order chi connectivity index (χ1) is 16.2. The molecule has 12 heteroatoms. The first-order valence-corrected chi connectivity index (χ1v) is 14.1. The summed E-state index contributed by atoms with van der Waals surface area (Å²) in [6.45, 7) is 6.14. The van der Waals surface area contributed by atoms with Crippen molar-refractivity contribution in [2.45, 2.75) is 23.6 Å². The zero-order valence-corrected chi connectivity index (χ0v) is 21.3. The van der Waals surface area contributed by atoms with E-state index in [1.54, 1.807) is 48.5 Å². The molecular formula is C22H34N6O4S2. The number of sulfonamides is 2. The second-order valence-corrected chi connectivity index (χ2v) is 12.0. The molecule has 0 unspecified atom stereocenters. The largest absolute Gasteiger partial charge is 0.303 e. The molecule has 0 bridgehead atoms. The van der Waals surface area contributed by atoms with Crippen molar-refractivity contribution in [3.8, 4) is 0 Å². The Labute approximate surface area is 202 Å². The van der Waals surface area contributed by atoms with Gasteiger partial charge in [0.05, 0.1) is 29.8 Å². The normalized spacial score (nSPS) is 18.9.